The number of carbonyl (C=O) groups is 1. The molecular weight excluding hydrogens is 468 g/mol. The number of ketones is 1. The molecule has 0 aliphatic heterocycles. The largest absolute Gasteiger partial charge is 0.495 e. The highest BCUT2D eigenvalue weighted by atomic mass is 35.5. The Balaban J connectivity index is 1.84. The van der Waals surface area contributed by atoms with Gasteiger partial charge in [0.1, 0.15) is 5.75 Å². The van der Waals surface area contributed by atoms with Gasteiger partial charge in [0.25, 0.3) is 5.56 Å². The van der Waals surface area contributed by atoms with Crippen molar-refractivity contribution in [2.45, 2.75) is 37.6 Å². The van der Waals surface area contributed by atoms with Gasteiger partial charge in [0, 0.05) is 16.7 Å². The molecule has 1 unspecified atom stereocenters. The number of para-hydroxylation sites is 1. The van der Waals surface area contributed by atoms with Crippen LogP contribution in [0.3, 0.4) is 0 Å². The number of methoxy groups -OCH3 is 1. The third-order valence-corrected chi connectivity index (χ3v) is 7.20. The lowest BCUT2D eigenvalue weighted by Crippen LogP contribution is -2.24. The van der Waals surface area contributed by atoms with Gasteiger partial charge in [0.2, 0.25) is 0 Å². The summed E-state index contributed by atoms with van der Waals surface area (Å²) in [6, 6.07) is 18.3. The Bertz CT molecular complexity index is 1430. The molecule has 4 rings (SSSR count). The maximum absolute atomic E-state index is 13.6. The van der Waals surface area contributed by atoms with Gasteiger partial charge in [-0.15, -0.1) is 0 Å². The van der Waals surface area contributed by atoms with Crippen molar-refractivity contribution < 1.29 is 9.53 Å². The summed E-state index contributed by atoms with van der Waals surface area (Å²) in [7, 11) is 1.53. The summed E-state index contributed by atoms with van der Waals surface area (Å²) in [4.78, 5) is 31.6. The van der Waals surface area contributed by atoms with Crippen LogP contribution < -0.4 is 10.3 Å². The lowest BCUT2D eigenvalue weighted by atomic mass is 10.1. The first-order valence-corrected chi connectivity index (χ1v) is 12.3. The van der Waals surface area contributed by atoms with Crippen molar-refractivity contribution in [1.29, 1.82) is 0 Å². The van der Waals surface area contributed by atoms with E-state index < -0.39 is 5.25 Å². The molecule has 0 N–H and O–H groups in total. The average molecular weight is 493 g/mol. The fourth-order valence-electron chi connectivity index (χ4n) is 3.74. The summed E-state index contributed by atoms with van der Waals surface area (Å²) in [6.07, 6.45) is 0.911. The van der Waals surface area contributed by atoms with E-state index in [9.17, 15) is 9.59 Å². The van der Waals surface area contributed by atoms with E-state index in [0.717, 1.165) is 12.0 Å². The quantitative estimate of drug-likeness (QED) is 0.172. The highest BCUT2D eigenvalue weighted by Gasteiger charge is 2.23. The number of aryl methyl sites for hydroxylation is 2. The molecule has 1 atom stereocenters. The van der Waals surface area contributed by atoms with E-state index in [2.05, 4.69) is 6.92 Å². The SMILES string of the molecule is CCc1ccc(C(=O)C(C)Sc2nc3ccccc3c(=O)n2-c2cc(C)c(Cl)cc2OC)cc1. The molecule has 1 heterocycles. The molecule has 34 heavy (non-hydrogen) atoms. The van der Waals surface area contributed by atoms with E-state index in [1.807, 2.05) is 44.2 Å². The van der Waals surface area contributed by atoms with Gasteiger partial charge in [-0.25, -0.2) is 4.98 Å². The minimum absolute atomic E-state index is 0.0270. The van der Waals surface area contributed by atoms with Gasteiger partial charge in [0.05, 0.1) is 29.0 Å². The lowest BCUT2D eigenvalue weighted by molar-refractivity contribution is 0.0994. The monoisotopic (exact) mass is 492 g/mol. The lowest BCUT2D eigenvalue weighted by Gasteiger charge is -2.18. The van der Waals surface area contributed by atoms with E-state index in [-0.39, 0.29) is 11.3 Å². The Kier molecular flexibility index (Phi) is 7.10. The summed E-state index contributed by atoms with van der Waals surface area (Å²) < 4.78 is 7.07. The average Bonchev–Trinajstić information content (AvgIpc) is 2.85. The molecule has 5 nitrogen and oxygen atoms in total. The minimum Gasteiger partial charge on any atom is -0.495 e. The number of benzene rings is 3. The number of hydrogen-bond donors (Lipinski definition) is 0. The normalized spacial score (nSPS) is 12.0. The molecular formula is C27H25ClN2O3S. The number of thioether (sulfide) groups is 1. The van der Waals surface area contributed by atoms with Gasteiger partial charge in [-0.3, -0.25) is 14.2 Å². The summed E-state index contributed by atoms with van der Waals surface area (Å²) >= 11 is 7.56. The highest BCUT2D eigenvalue weighted by Crippen LogP contribution is 2.33. The zero-order chi connectivity index (χ0) is 24.4. The van der Waals surface area contributed by atoms with Crippen LogP contribution >= 0.6 is 23.4 Å². The first-order valence-electron chi connectivity index (χ1n) is 11.0. The molecule has 0 radical (unpaired) electrons. The number of aromatic nitrogens is 2. The van der Waals surface area contributed by atoms with Gasteiger partial charge in [-0.1, -0.05) is 66.7 Å². The number of hydrogen-bond acceptors (Lipinski definition) is 5. The number of ether oxygens (including phenoxy) is 1. The molecule has 0 saturated carbocycles. The number of halogens is 1. The van der Waals surface area contributed by atoms with Crippen LogP contribution in [0, 0.1) is 6.92 Å². The van der Waals surface area contributed by atoms with Gasteiger partial charge in [0.15, 0.2) is 10.9 Å². The first-order chi connectivity index (χ1) is 16.3. The van der Waals surface area contributed by atoms with Crippen LogP contribution in [0.4, 0.5) is 0 Å². The first kappa shape index (κ1) is 24.0. The molecule has 0 bridgehead atoms. The molecule has 0 amide bonds. The highest BCUT2D eigenvalue weighted by molar-refractivity contribution is 8.00. The number of fused-ring (bicyclic) bond motifs is 1. The van der Waals surface area contributed by atoms with E-state index in [4.69, 9.17) is 21.3 Å². The van der Waals surface area contributed by atoms with Crippen molar-refractivity contribution in [2.75, 3.05) is 7.11 Å². The van der Waals surface area contributed by atoms with Crippen LogP contribution in [0.2, 0.25) is 5.02 Å². The molecule has 3 aromatic carbocycles. The van der Waals surface area contributed by atoms with Crippen LogP contribution in [0.1, 0.15) is 35.3 Å². The third kappa shape index (κ3) is 4.61. The molecule has 0 aliphatic rings. The van der Waals surface area contributed by atoms with E-state index in [1.165, 1.54) is 29.0 Å². The molecule has 1 aromatic heterocycles. The maximum Gasteiger partial charge on any atom is 0.266 e. The third-order valence-electron chi connectivity index (χ3n) is 5.74. The van der Waals surface area contributed by atoms with Gasteiger partial charge < -0.3 is 4.74 Å². The van der Waals surface area contributed by atoms with Crippen LogP contribution in [-0.2, 0) is 6.42 Å². The molecule has 0 spiro atoms. The molecule has 0 saturated heterocycles. The minimum atomic E-state index is -0.466. The van der Waals surface area contributed by atoms with Crippen molar-refractivity contribution in [1.82, 2.24) is 9.55 Å². The molecule has 174 valence electrons. The fourth-order valence-corrected chi connectivity index (χ4v) is 4.89. The topological polar surface area (TPSA) is 61.2 Å². The summed E-state index contributed by atoms with van der Waals surface area (Å²) in [6.45, 7) is 5.77. The van der Waals surface area contributed by atoms with Gasteiger partial charge in [-0.2, -0.15) is 0 Å². The number of Topliss-reactive ketones (excluding diaryl/α,β-unsaturated/α-hetero) is 1. The Hall–Kier alpha value is -3.09. The van der Waals surface area contributed by atoms with Crippen molar-refractivity contribution in [3.63, 3.8) is 0 Å². The molecule has 0 aliphatic carbocycles. The van der Waals surface area contributed by atoms with Gasteiger partial charge >= 0.3 is 0 Å². The summed E-state index contributed by atoms with van der Waals surface area (Å²) in [5.74, 6) is 0.423. The fraction of sp³-hybridized carbons (Fsp3) is 0.222. The molecule has 7 heteroatoms. The second-order valence-electron chi connectivity index (χ2n) is 8.00. The number of nitrogens with zero attached hydrogens (tertiary/aromatic N) is 2. The Morgan fingerprint density at radius 1 is 1.15 bits per heavy atom. The summed E-state index contributed by atoms with van der Waals surface area (Å²) in [5.41, 5.74) is 3.47. The van der Waals surface area contributed by atoms with Crippen molar-refractivity contribution in [2.24, 2.45) is 0 Å². The Labute approximate surface area is 207 Å². The Morgan fingerprint density at radius 2 is 1.85 bits per heavy atom. The van der Waals surface area contributed by atoms with Crippen molar-refractivity contribution in [3.8, 4) is 11.4 Å². The maximum atomic E-state index is 13.6. The van der Waals surface area contributed by atoms with E-state index in [0.29, 0.717) is 38.1 Å². The van der Waals surface area contributed by atoms with Gasteiger partial charge in [-0.05, 0) is 49.6 Å². The Morgan fingerprint density at radius 3 is 2.53 bits per heavy atom. The van der Waals surface area contributed by atoms with Crippen LogP contribution in [0.15, 0.2) is 70.6 Å². The van der Waals surface area contributed by atoms with Crippen LogP contribution in [0.25, 0.3) is 16.6 Å². The second kappa shape index (κ2) is 10.0. The molecule has 0 fully saturated rings. The molecule has 4 aromatic rings. The predicted molar refractivity (Wildman–Crippen MR) is 139 cm³/mol. The van der Waals surface area contributed by atoms with Crippen molar-refractivity contribution >= 4 is 40.0 Å². The second-order valence-corrected chi connectivity index (χ2v) is 9.72. The zero-order valence-electron chi connectivity index (χ0n) is 19.5. The smallest absolute Gasteiger partial charge is 0.266 e. The standard InChI is InChI=1S/C27H25ClN2O3S/c1-5-18-10-12-19(13-11-18)25(31)17(3)34-27-29-22-9-7-6-8-20(22)26(32)30(27)23-14-16(2)21(28)15-24(23)33-4/h6-15,17H,5H2,1-4H3. The van der Waals surface area contributed by atoms with Crippen LogP contribution in [0.5, 0.6) is 5.75 Å². The van der Waals surface area contributed by atoms with E-state index in [1.54, 1.807) is 30.3 Å². The summed E-state index contributed by atoms with van der Waals surface area (Å²) in [5, 5.41) is 0.965. The van der Waals surface area contributed by atoms with E-state index >= 15 is 0 Å². The number of carbonyl (C=O) groups excluding carboxylic acids is 1. The van der Waals surface area contributed by atoms with Crippen molar-refractivity contribution in [3.05, 3.63) is 92.7 Å². The van der Waals surface area contributed by atoms with Crippen LogP contribution in [-0.4, -0.2) is 27.7 Å². The predicted octanol–water partition coefficient (Wildman–Crippen LogP) is 6.28. The zero-order valence-corrected chi connectivity index (χ0v) is 21.0. The number of rotatable bonds is 7.